The molecule has 1 aliphatic carbocycles. The number of amides is 3. The van der Waals surface area contributed by atoms with Crippen molar-refractivity contribution >= 4 is 23.6 Å². The molecule has 7 nitrogen and oxygen atoms in total. The van der Waals surface area contributed by atoms with E-state index in [1.807, 2.05) is 26.0 Å². The Morgan fingerprint density at radius 2 is 1.72 bits per heavy atom. The van der Waals surface area contributed by atoms with Crippen LogP contribution in [-0.2, 0) is 9.59 Å². The van der Waals surface area contributed by atoms with Crippen molar-refractivity contribution < 1.29 is 19.5 Å². The van der Waals surface area contributed by atoms with Crippen molar-refractivity contribution in [1.29, 1.82) is 0 Å². The number of hydrogen-bond donors (Lipinski definition) is 3. The third-order valence-corrected chi connectivity index (χ3v) is 4.65. The summed E-state index contributed by atoms with van der Waals surface area (Å²) >= 11 is 0. The van der Waals surface area contributed by atoms with Crippen LogP contribution in [0.25, 0.3) is 0 Å². The molecule has 1 aliphatic rings. The molecule has 0 heterocycles. The Balaban J connectivity index is 1.96. The zero-order chi connectivity index (χ0) is 18.6. The van der Waals surface area contributed by atoms with E-state index in [0.717, 1.165) is 5.56 Å². The van der Waals surface area contributed by atoms with Crippen LogP contribution in [0.5, 0.6) is 0 Å². The molecule has 1 unspecified atom stereocenters. The van der Waals surface area contributed by atoms with Crippen molar-refractivity contribution in [2.75, 3.05) is 18.4 Å². The lowest BCUT2D eigenvalue weighted by Gasteiger charge is -2.20. The molecule has 1 saturated carbocycles. The van der Waals surface area contributed by atoms with Crippen LogP contribution >= 0.6 is 0 Å². The number of carboxylic acids is 1. The quantitative estimate of drug-likeness (QED) is 0.660. The number of nitrogens with one attached hydrogen (secondary N) is 2. The molecule has 0 saturated heterocycles. The standard InChI is InChI=1S/C18H25N3O4/c1-4-21(5-2)17(25)20-14-8-6-13(7-9-14)12(3)19-15(22)18(10-11-18)16(23)24/h6-9,12H,4-5,10-11H2,1-3H3,(H,19,22)(H,20,25)(H,23,24). The highest BCUT2D eigenvalue weighted by Gasteiger charge is 2.57. The number of anilines is 1. The minimum Gasteiger partial charge on any atom is -0.480 e. The number of carboxylic acid groups (broad SMARTS) is 1. The van der Waals surface area contributed by atoms with Gasteiger partial charge in [0.05, 0.1) is 6.04 Å². The highest BCUT2D eigenvalue weighted by Crippen LogP contribution is 2.46. The second kappa shape index (κ2) is 7.55. The lowest BCUT2D eigenvalue weighted by molar-refractivity contribution is -0.149. The zero-order valence-corrected chi connectivity index (χ0v) is 14.8. The van der Waals surface area contributed by atoms with E-state index in [9.17, 15) is 14.4 Å². The van der Waals surface area contributed by atoms with Gasteiger partial charge in [0.1, 0.15) is 5.41 Å². The first kappa shape index (κ1) is 18.8. The first-order valence-electron chi connectivity index (χ1n) is 8.54. The summed E-state index contributed by atoms with van der Waals surface area (Å²) in [5.41, 5.74) is 0.269. The Labute approximate surface area is 147 Å². The van der Waals surface area contributed by atoms with Gasteiger partial charge in [-0.25, -0.2) is 4.79 Å². The Morgan fingerprint density at radius 1 is 1.16 bits per heavy atom. The van der Waals surface area contributed by atoms with Gasteiger partial charge in [-0.2, -0.15) is 0 Å². The molecule has 1 fully saturated rings. The maximum atomic E-state index is 12.2. The van der Waals surface area contributed by atoms with E-state index in [2.05, 4.69) is 10.6 Å². The lowest BCUT2D eigenvalue weighted by Crippen LogP contribution is -2.38. The molecule has 1 atom stereocenters. The van der Waals surface area contributed by atoms with Crippen molar-refractivity contribution in [1.82, 2.24) is 10.2 Å². The Bertz CT molecular complexity index is 649. The second-order valence-electron chi connectivity index (χ2n) is 6.31. The average molecular weight is 347 g/mol. The highest BCUT2D eigenvalue weighted by molar-refractivity contribution is 6.05. The molecular weight excluding hydrogens is 322 g/mol. The lowest BCUT2D eigenvalue weighted by atomic mass is 10.0. The monoisotopic (exact) mass is 347 g/mol. The van der Waals surface area contributed by atoms with Gasteiger partial charge in [-0.1, -0.05) is 12.1 Å². The Hall–Kier alpha value is -2.57. The molecule has 0 aromatic heterocycles. The summed E-state index contributed by atoms with van der Waals surface area (Å²) in [6.07, 6.45) is 0.772. The van der Waals surface area contributed by atoms with E-state index in [0.29, 0.717) is 31.6 Å². The van der Waals surface area contributed by atoms with Gasteiger partial charge >= 0.3 is 12.0 Å². The minimum absolute atomic E-state index is 0.156. The summed E-state index contributed by atoms with van der Waals surface area (Å²) in [6.45, 7) is 6.91. The van der Waals surface area contributed by atoms with Crippen LogP contribution in [0, 0.1) is 5.41 Å². The number of aliphatic carboxylic acids is 1. The average Bonchev–Trinajstić information content (AvgIpc) is 3.38. The third-order valence-electron chi connectivity index (χ3n) is 4.65. The van der Waals surface area contributed by atoms with E-state index in [-0.39, 0.29) is 12.1 Å². The first-order valence-corrected chi connectivity index (χ1v) is 8.54. The van der Waals surface area contributed by atoms with Crippen molar-refractivity contribution in [2.45, 2.75) is 39.7 Å². The minimum atomic E-state index is -1.24. The van der Waals surface area contributed by atoms with Crippen LogP contribution < -0.4 is 10.6 Å². The van der Waals surface area contributed by atoms with Crippen molar-refractivity contribution in [3.05, 3.63) is 29.8 Å². The van der Waals surface area contributed by atoms with Crippen LogP contribution in [0.15, 0.2) is 24.3 Å². The summed E-state index contributed by atoms with van der Waals surface area (Å²) in [7, 11) is 0. The molecular formula is C18H25N3O4. The van der Waals surface area contributed by atoms with Gasteiger partial charge in [0.2, 0.25) is 5.91 Å². The Kier molecular flexibility index (Phi) is 5.66. The van der Waals surface area contributed by atoms with E-state index in [4.69, 9.17) is 5.11 Å². The summed E-state index contributed by atoms with van der Waals surface area (Å²) in [4.78, 5) is 37.0. The normalized spacial score (nSPS) is 15.8. The molecule has 1 aromatic carbocycles. The fourth-order valence-corrected chi connectivity index (χ4v) is 2.65. The number of urea groups is 1. The predicted octanol–water partition coefficient (Wildman–Crippen LogP) is 2.60. The van der Waals surface area contributed by atoms with Gasteiger partial charge in [-0.15, -0.1) is 0 Å². The van der Waals surface area contributed by atoms with Crippen LogP contribution in [0.4, 0.5) is 10.5 Å². The maximum Gasteiger partial charge on any atom is 0.321 e. The molecule has 0 aliphatic heterocycles. The molecule has 0 spiro atoms. The fourth-order valence-electron chi connectivity index (χ4n) is 2.65. The number of hydrogen-bond acceptors (Lipinski definition) is 3. The summed E-state index contributed by atoms with van der Waals surface area (Å²) < 4.78 is 0. The molecule has 0 radical (unpaired) electrons. The number of carbonyl (C=O) groups is 3. The molecule has 2 rings (SSSR count). The maximum absolute atomic E-state index is 12.2. The molecule has 3 amide bonds. The fraction of sp³-hybridized carbons (Fsp3) is 0.500. The smallest absolute Gasteiger partial charge is 0.321 e. The zero-order valence-electron chi connectivity index (χ0n) is 14.8. The topological polar surface area (TPSA) is 98.7 Å². The number of benzene rings is 1. The molecule has 136 valence electrons. The largest absolute Gasteiger partial charge is 0.480 e. The third kappa shape index (κ3) is 4.10. The van der Waals surface area contributed by atoms with Gasteiger partial charge in [-0.3, -0.25) is 9.59 Å². The van der Waals surface area contributed by atoms with Crippen LogP contribution in [0.1, 0.15) is 45.2 Å². The van der Waals surface area contributed by atoms with E-state index < -0.39 is 17.3 Å². The van der Waals surface area contributed by atoms with Gasteiger partial charge in [0, 0.05) is 18.8 Å². The molecule has 7 heteroatoms. The molecule has 3 N–H and O–H groups in total. The Morgan fingerprint density at radius 3 is 2.16 bits per heavy atom. The molecule has 0 bridgehead atoms. The van der Waals surface area contributed by atoms with Crippen LogP contribution in [-0.4, -0.2) is 41.0 Å². The van der Waals surface area contributed by atoms with Gasteiger partial charge in [0.15, 0.2) is 0 Å². The van der Waals surface area contributed by atoms with E-state index in [1.165, 1.54) is 0 Å². The van der Waals surface area contributed by atoms with E-state index >= 15 is 0 Å². The number of rotatable bonds is 7. The van der Waals surface area contributed by atoms with Crippen LogP contribution in [0.2, 0.25) is 0 Å². The highest BCUT2D eigenvalue weighted by atomic mass is 16.4. The summed E-state index contributed by atoms with van der Waals surface area (Å²) in [5.74, 6) is -1.50. The second-order valence-corrected chi connectivity index (χ2v) is 6.31. The van der Waals surface area contributed by atoms with Gasteiger partial charge in [-0.05, 0) is 51.3 Å². The van der Waals surface area contributed by atoms with E-state index in [1.54, 1.807) is 24.0 Å². The van der Waals surface area contributed by atoms with Crippen molar-refractivity contribution in [3.8, 4) is 0 Å². The SMILES string of the molecule is CCN(CC)C(=O)Nc1ccc(C(C)NC(=O)C2(C(=O)O)CC2)cc1. The van der Waals surface area contributed by atoms with Gasteiger partial charge < -0.3 is 20.6 Å². The van der Waals surface area contributed by atoms with Crippen molar-refractivity contribution in [3.63, 3.8) is 0 Å². The summed E-state index contributed by atoms with van der Waals surface area (Å²) in [5, 5.41) is 14.7. The molecule has 25 heavy (non-hydrogen) atoms. The predicted molar refractivity (Wildman–Crippen MR) is 94.2 cm³/mol. The number of carbonyl (C=O) groups excluding carboxylic acids is 2. The van der Waals surface area contributed by atoms with Crippen molar-refractivity contribution in [2.24, 2.45) is 5.41 Å². The molecule has 1 aromatic rings. The van der Waals surface area contributed by atoms with Crippen LogP contribution in [0.3, 0.4) is 0 Å². The number of nitrogens with zero attached hydrogens (tertiary/aromatic N) is 1. The van der Waals surface area contributed by atoms with Gasteiger partial charge in [0.25, 0.3) is 0 Å². The summed E-state index contributed by atoms with van der Waals surface area (Å²) in [6, 6.07) is 6.69. The first-order chi connectivity index (χ1) is 11.8.